The van der Waals surface area contributed by atoms with Crippen LogP contribution < -0.4 is 5.32 Å². The van der Waals surface area contributed by atoms with Gasteiger partial charge in [-0.05, 0) is 36.6 Å². The first-order valence-electron chi connectivity index (χ1n) is 5.89. The van der Waals surface area contributed by atoms with Gasteiger partial charge >= 0.3 is 6.18 Å². The third-order valence-electron chi connectivity index (χ3n) is 2.58. The fourth-order valence-electron chi connectivity index (χ4n) is 1.58. The van der Waals surface area contributed by atoms with Gasteiger partial charge in [0, 0.05) is 13.5 Å². The summed E-state index contributed by atoms with van der Waals surface area (Å²) in [6, 6.07) is 3.65. The highest BCUT2D eigenvalue weighted by atomic mass is 19.4. The molecule has 19 heavy (non-hydrogen) atoms. The van der Waals surface area contributed by atoms with E-state index in [9.17, 15) is 18.0 Å². The van der Waals surface area contributed by atoms with Gasteiger partial charge in [-0.1, -0.05) is 18.2 Å². The number of benzene rings is 1. The van der Waals surface area contributed by atoms with E-state index >= 15 is 0 Å². The van der Waals surface area contributed by atoms with Crippen molar-refractivity contribution in [2.45, 2.75) is 26.4 Å². The van der Waals surface area contributed by atoms with Crippen molar-refractivity contribution in [1.82, 2.24) is 5.32 Å². The second-order valence-electron chi connectivity index (χ2n) is 4.24. The summed E-state index contributed by atoms with van der Waals surface area (Å²) in [6.45, 7) is 3.60. The highest BCUT2D eigenvalue weighted by Gasteiger charge is 2.30. The second-order valence-corrected chi connectivity index (χ2v) is 4.24. The van der Waals surface area contributed by atoms with Crippen LogP contribution in [0.1, 0.15) is 30.0 Å². The van der Waals surface area contributed by atoms with Gasteiger partial charge in [-0.25, -0.2) is 0 Å². The lowest BCUT2D eigenvalue weighted by atomic mass is 10.0. The van der Waals surface area contributed by atoms with Gasteiger partial charge in [-0.15, -0.1) is 0 Å². The van der Waals surface area contributed by atoms with Gasteiger partial charge in [0.2, 0.25) is 5.91 Å². The zero-order valence-corrected chi connectivity index (χ0v) is 10.8. The maximum atomic E-state index is 12.5. The number of aryl methyl sites for hydroxylation is 1. The predicted octanol–water partition coefficient (Wildman–Crippen LogP) is 3.55. The molecule has 0 radical (unpaired) electrons. The molecule has 2 nitrogen and oxygen atoms in total. The summed E-state index contributed by atoms with van der Waals surface area (Å²) in [7, 11) is 0. The molecule has 1 aromatic carbocycles. The highest BCUT2D eigenvalue weighted by Crippen LogP contribution is 2.30. The van der Waals surface area contributed by atoms with Crippen molar-refractivity contribution < 1.29 is 18.0 Å². The molecule has 5 heteroatoms. The molecular weight excluding hydrogens is 255 g/mol. The van der Waals surface area contributed by atoms with Crippen molar-refractivity contribution in [3.8, 4) is 0 Å². The van der Waals surface area contributed by atoms with Crippen LogP contribution >= 0.6 is 0 Å². The van der Waals surface area contributed by atoms with E-state index < -0.39 is 11.7 Å². The first-order chi connectivity index (χ1) is 8.80. The first kappa shape index (κ1) is 15.3. The van der Waals surface area contributed by atoms with Crippen LogP contribution in [-0.4, -0.2) is 12.5 Å². The minimum absolute atomic E-state index is 0.0980. The van der Waals surface area contributed by atoms with Crippen LogP contribution in [0.15, 0.2) is 24.3 Å². The number of hydrogen-bond acceptors (Lipinski definition) is 1. The van der Waals surface area contributed by atoms with Crippen molar-refractivity contribution in [2.75, 3.05) is 6.54 Å². The van der Waals surface area contributed by atoms with Crippen molar-refractivity contribution in [3.63, 3.8) is 0 Å². The van der Waals surface area contributed by atoms with Crippen LogP contribution in [0.2, 0.25) is 0 Å². The van der Waals surface area contributed by atoms with Crippen molar-refractivity contribution >= 4 is 12.0 Å². The van der Waals surface area contributed by atoms with Crippen molar-refractivity contribution in [1.29, 1.82) is 0 Å². The molecule has 0 fully saturated rings. The lowest BCUT2D eigenvalue weighted by Gasteiger charge is -2.09. The fourth-order valence-corrected chi connectivity index (χ4v) is 1.58. The Morgan fingerprint density at radius 2 is 2.05 bits per heavy atom. The van der Waals surface area contributed by atoms with Gasteiger partial charge in [0.05, 0.1) is 5.56 Å². The molecule has 0 saturated heterocycles. The topological polar surface area (TPSA) is 29.1 Å². The molecule has 1 rings (SSSR count). The van der Waals surface area contributed by atoms with Crippen LogP contribution in [0.5, 0.6) is 0 Å². The molecule has 0 unspecified atom stereocenters. The number of rotatable bonds is 4. The Kier molecular flexibility index (Phi) is 5.15. The second kappa shape index (κ2) is 6.41. The minimum atomic E-state index is -4.31. The molecule has 0 aromatic heterocycles. The molecule has 0 spiro atoms. The molecule has 1 aromatic rings. The quantitative estimate of drug-likeness (QED) is 0.834. The zero-order valence-electron chi connectivity index (χ0n) is 10.8. The van der Waals surface area contributed by atoms with E-state index in [1.54, 1.807) is 13.0 Å². The maximum absolute atomic E-state index is 12.5. The van der Waals surface area contributed by atoms with E-state index in [0.717, 1.165) is 17.7 Å². The molecular formula is C14H16F3NO. The van der Waals surface area contributed by atoms with Gasteiger partial charge in [-0.2, -0.15) is 13.2 Å². The molecule has 0 heterocycles. The molecule has 0 aliphatic carbocycles. The van der Waals surface area contributed by atoms with E-state index in [-0.39, 0.29) is 5.91 Å². The van der Waals surface area contributed by atoms with E-state index in [1.165, 1.54) is 13.0 Å². The molecule has 0 saturated carbocycles. The van der Waals surface area contributed by atoms with Crippen molar-refractivity contribution in [2.24, 2.45) is 0 Å². The smallest absolute Gasteiger partial charge is 0.356 e. The molecule has 1 amide bonds. The van der Waals surface area contributed by atoms with Crippen LogP contribution in [0.4, 0.5) is 13.2 Å². The molecule has 0 aliphatic rings. The summed E-state index contributed by atoms with van der Waals surface area (Å²) in [4.78, 5) is 10.6. The molecule has 0 bridgehead atoms. The minimum Gasteiger partial charge on any atom is -0.356 e. The Balaban J connectivity index is 2.65. The lowest BCUT2D eigenvalue weighted by Crippen LogP contribution is -2.20. The third kappa shape index (κ3) is 5.16. The molecule has 104 valence electrons. The highest BCUT2D eigenvalue weighted by molar-refractivity contribution is 5.72. The number of halogens is 3. The average molecular weight is 271 g/mol. The number of carbonyl (C=O) groups is 1. The maximum Gasteiger partial charge on any atom is 0.416 e. The van der Waals surface area contributed by atoms with E-state index in [2.05, 4.69) is 5.32 Å². The SMILES string of the molecule is CC(=O)NCCC=Cc1ccc(C(F)(F)F)cc1C. The van der Waals surface area contributed by atoms with Gasteiger partial charge in [-0.3, -0.25) is 4.79 Å². The number of carbonyl (C=O) groups excluding carboxylic acids is 1. The monoisotopic (exact) mass is 271 g/mol. The lowest BCUT2D eigenvalue weighted by molar-refractivity contribution is -0.137. The average Bonchev–Trinajstić information content (AvgIpc) is 2.28. The largest absolute Gasteiger partial charge is 0.416 e. The Hall–Kier alpha value is -1.78. The summed E-state index contributed by atoms with van der Waals surface area (Å²) >= 11 is 0. The summed E-state index contributed by atoms with van der Waals surface area (Å²) in [5.74, 6) is -0.0980. The van der Waals surface area contributed by atoms with Gasteiger partial charge in [0.1, 0.15) is 0 Å². The summed E-state index contributed by atoms with van der Waals surface area (Å²) in [5, 5.41) is 2.64. The van der Waals surface area contributed by atoms with Crippen LogP contribution in [0.3, 0.4) is 0 Å². The zero-order chi connectivity index (χ0) is 14.5. The Morgan fingerprint density at radius 1 is 1.37 bits per heavy atom. The fraction of sp³-hybridized carbons (Fsp3) is 0.357. The summed E-state index contributed by atoms with van der Waals surface area (Å²) < 4.78 is 37.4. The summed E-state index contributed by atoms with van der Waals surface area (Å²) in [5.41, 5.74) is 0.682. The van der Waals surface area contributed by atoms with Crippen LogP contribution in [0.25, 0.3) is 6.08 Å². The van der Waals surface area contributed by atoms with Crippen LogP contribution in [-0.2, 0) is 11.0 Å². The molecule has 0 atom stereocenters. The Morgan fingerprint density at radius 3 is 2.58 bits per heavy atom. The van der Waals surface area contributed by atoms with Crippen LogP contribution in [0, 0.1) is 6.92 Å². The van der Waals surface area contributed by atoms with E-state index in [0.29, 0.717) is 18.5 Å². The Bertz CT molecular complexity index is 478. The predicted molar refractivity (Wildman–Crippen MR) is 68.5 cm³/mol. The Labute approximate surface area is 110 Å². The standard InChI is InChI=1S/C14H16F3NO/c1-10-9-13(14(15,16)17)7-6-12(10)5-3-4-8-18-11(2)19/h3,5-7,9H,4,8H2,1-2H3,(H,18,19). The van der Waals surface area contributed by atoms with Gasteiger partial charge in [0.25, 0.3) is 0 Å². The normalized spacial score (nSPS) is 11.8. The molecule has 1 N–H and O–H groups in total. The number of amides is 1. The number of alkyl halides is 3. The number of nitrogens with one attached hydrogen (secondary N) is 1. The van der Waals surface area contributed by atoms with Gasteiger partial charge in [0.15, 0.2) is 0 Å². The van der Waals surface area contributed by atoms with E-state index in [4.69, 9.17) is 0 Å². The third-order valence-corrected chi connectivity index (χ3v) is 2.58. The van der Waals surface area contributed by atoms with Gasteiger partial charge < -0.3 is 5.32 Å². The van der Waals surface area contributed by atoms with E-state index in [1.807, 2.05) is 6.08 Å². The molecule has 0 aliphatic heterocycles. The summed E-state index contributed by atoms with van der Waals surface area (Å²) in [6.07, 6.45) is -0.0821. The number of hydrogen-bond donors (Lipinski definition) is 1. The first-order valence-corrected chi connectivity index (χ1v) is 5.89. The van der Waals surface area contributed by atoms with Crippen molar-refractivity contribution in [3.05, 3.63) is 41.0 Å².